The van der Waals surface area contributed by atoms with Crippen molar-refractivity contribution in [3.8, 4) is 11.8 Å². The fraction of sp³-hybridized carbons (Fsp3) is 0.259. The van der Waals surface area contributed by atoms with Gasteiger partial charge in [-0.3, -0.25) is 0 Å². The second kappa shape index (κ2) is 8.61. The maximum Gasteiger partial charge on any atom is 0.338 e. The number of esters is 1. The first-order valence-electron chi connectivity index (χ1n) is 11.2. The van der Waals surface area contributed by atoms with Gasteiger partial charge in [0.05, 0.1) is 41.1 Å². The normalized spacial score (nSPS) is 18.2. The Bertz CT molecular complexity index is 1390. The molecule has 3 aromatic carbocycles. The van der Waals surface area contributed by atoms with E-state index >= 15 is 0 Å². The van der Waals surface area contributed by atoms with Crippen LogP contribution in [0.2, 0.25) is 0 Å². The number of nitrogens with one attached hydrogen (secondary N) is 1. The van der Waals surface area contributed by atoms with Gasteiger partial charge in [-0.2, -0.15) is 5.26 Å². The molecule has 0 aliphatic heterocycles. The Morgan fingerprint density at radius 3 is 2.58 bits per heavy atom. The molecule has 166 valence electrons. The van der Waals surface area contributed by atoms with Gasteiger partial charge in [0.15, 0.2) is 0 Å². The number of nitrogens with zero attached hydrogens (tertiary/aromatic N) is 2. The number of ether oxygens (including phenoxy) is 1. The van der Waals surface area contributed by atoms with Crippen LogP contribution in [-0.4, -0.2) is 34.9 Å². The highest BCUT2D eigenvalue weighted by atomic mass is 16.5. The van der Waals surface area contributed by atoms with Gasteiger partial charge in [-0.05, 0) is 62.1 Å². The highest BCUT2D eigenvalue weighted by Crippen LogP contribution is 2.35. The van der Waals surface area contributed by atoms with E-state index in [-0.39, 0.29) is 18.1 Å². The molecule has 1 saturated carbocycles. The zero-order valence-corrected chi connectivity index (χ0v) is 18.4. The van der Waals surface area contributed by atoms with Gasteiger partial charge in [0.25, 0.3) is 0 Å². The van der Waals surface area contributed by atoms with E-state index in [1.54, 1.807) is 6.07 Å². The molecule has 1 aliphatic rings. The van der Waals surface area contributed by atoms with Crippen LogP contribution in [0.25, 0.3) is 27.5 Å². The topological polar surface area (TPSA) is 87.3 Å². The third-order valence-corrected chi connectivity index (χ3v) is 6.54. The third-order valence-electron chi connectivity index (χ3n) is 6.54. The number of aliphatic hydroxyl groups excluding tert-OH is 1. The summed E-state index contributed by atoms with van der Waals surface area (Å²) < 4.78 is 7.16. The van der Waals surface area contributed by atoms with Gasteiger partial charge in [0.2, 0.25) is 0 Å². The van der Waals surface area contributed by atoms with Crippen LogP contribution in [0.4, 0.5) is 5.69 Å². The van der Waals surface area contributed by atoms with Crippen molar-refractivity contribution in [1.29, 1.82) is 5.26 Å². The van der Waals surface area contributed by atoms with Crippen molar-refractivity contribution >= 4 is 33.5 Å². The van der Waals surface area contributed by atoms with Gasteiger partial charge in [-0.25, -0.2) is 4.79 Å². The second-order valence-corrected chi connectivity index (χ2v) is 8.54. The smallest absolute Gasteiger partial charge is 0.338 e. The first-order chi connectivity index (χ1) is 16.1. The lowest BCUT2D eigenvalue weighted by Gasteiger charge is -2.27. The molecule has 0 amide bonds. The minimum atomic E-state index is -0.370. The molecule has 1 aliphatic carbocycles. The Morgan fingerprint density at radius 2 is 1.82 bits per heavy atom. The van der Waals surface area contributed by atoms with Crippen LogP contribution in [0.3, 0.4) is 0 Å². The predicted octanol–water partition coefficient (Wildman–Crippen LogP) is 5.16. The molecule has 6 heteroatoms. The molecule has 0 spiro atoms. The lowest BCUT2D eigenvalue weighted by Crippen LogP contribution is -2.28. The number of carbonyl (C=O) groups excluding carboxylic acids is 1. The first kappa shape index (κ1) is 21.0. The molecule has 1 aromatic heterocycles. The average molecular weight is 440 g/mol. The van der Waals surface area contributed by atoms with Gasteiger partial charge in [-0.15, -0.1) is 0 Å². The number of para-hydroxylation sites is 1. The predicted molar refractivity (Wildman–Crippen MR) is 129 cm³/mol. The Labute approximate surface area is 192 Å². The summed E-state index contributed by atoms with van der Waals surface area (Å²) in [5, 5.41) is 24.9. The summed E-state index contributed by atoms with van der Waals surface area (Å²) in [6.45, 7) is 0. The lowest BCUT2D eigenvalue weighted by atomic mass is 9.93. The first-order valence-corrected chi connectivity index (χ1v) is 11.2. The van der Waals surface area contributed by atoms with Crippen LogP contribution >= 0.6 is 0 Å². The van der Waals surface area contributed by atoms with Crippen LogP contribution in [0.5, 0.6) is 0 Å². The number of anilines is 1. The van der Waals surface area contributed by atoms with Crippen molar-refractivity contribution in [2.24, 2.45) is 0 Å². The molecule has 0 atom stereocenters. The van der Waals surface area contributed by atoms with E-state index < -0.39 is 0 Å². The Balaban J connectivity index is 1.68. The number of aliphatic hydroxyl groups is 1. The summed E-state index contributed by atoms with van der Waals surface area (Å²) in [7, 11) is 1.39. The van der Waals surface area contributed by atoms with Crippen molar-refractivity contribution in [1.82, 2.24) is 4.57 Å². The van der Waals surface area contributed by atoms with Gasteiger partial charge >= 0.3 is 5.97 Å². The Kier molecular flexibility index (Phi) is 5.49. The monoisotopic (exact) mass is 439 g/mol. The molecule has 33 heavy (non-hydrogen) atoms. The zero-order valence-electron chi connectivity index (χ0n) is 18.4. The van der Waals surface area contributed by atoms with E-state index in [9.17, 15) is 15.2 Å². The number of rotatable bonds is 4. The molecule has 4 aromatic rings. The average Bonchev–Trinajstić information content (AvgIpc) is 3.19. The number of methoxy groups -OCH3 is 1. The molecule has 0 radical (unpaired) electrons. The maximum atomic E-state index is 12.5. The molecule has 0 bridgehead atoms. The van der Waals surface area contributed by atoms with Crippen LogP contribution in [-0.2, 0) is 4.74 Å². The minimum absolute atomic E-state index is 0.222. The Morgan fingerprint density at radius 1 is 1.06 bits per heavy atom. The number of benzene rings is 3. The van der Waals surface area contributed by atoms with E-state index in [1.807, 2.05) is 54.6 Å². The van der Waals surface area contributed by atoms with E-state index in [2.05, 4.69) is 16.0 Å². The molecule has 1 heterocycles. The molecule has 0 saturated heterocycles. The number of aromatic nitrogens is 1. The summed E-state index contributed by atoms with van der Waals surface area (Å²) in [5.41, 5.74) is 4.67. The maximum absolute atomic E-state index is 12.5. The zero-order chi connectivity index (χ0) is 22.9. The van der Waals surface area contributed by atoms with Crippen molar-refractivity contribution < 1.29 is 14.6 Å². The van der Waals surface area contributed by atoms with Crippen LogP contribution < -0.4 is 5.32 Å². The largest absolute Gasteiger partial charge is 0.465 e. The van der Waals surface area contributed by atoms with Crippen molar-refractivity contribution in [3.63, 3.8) is 0 Å². The lowest BCUT2D eigenvalue weighted by molar-refractivity contribution is 0.0603. The van der Waals surface area contributed by atoms with E-state index in [0.29, 0.717) is 11.1 Å². The Hall–Kier alpha value is -3.82. The summed E-state index contributed by atoms with van der Waals surface area (Å²) in [5.74, 6) is -0.370. The fourth-order valence-corrected chi connectivity index (χ4v) is 4.91. The van der Waals surface area contributed by atoms with Gasteiger partial charge < -0.3 is 19.7 Å². The highest BCUT2D eigenvalue weighted by molar-refractivity contribution is 6.17. The SMILES string of the molecule is COC(=O)c1cccc2c1c1ccccc1n2-c1ccc(C#N)c(N[C@H]2CC[C@H](O)CC2)c1. The van der Waals surface area contributed by atoms with Gasteiger partial charge in [0, 0.05) is 22.5 Å². The van der Waals surface area contributed by atoms with Gasteiger partial charge in [-0.1, -0.05) is 24.3 Å². The van der Waals surface area contributed by atoms with Crippen molar-refractivity contribution in [3.05, 3.63) is 71.8 Å². The summed E-state index contributed by atoms with van der Waals surface area (Å²) >= 11 is 0. The van der Waals surface area contributed by atoms with Crippen LogP contribution in [0.1, 0.15) is 41.6 Å². The number of carbonyl (C=O) groups is 1. The summed E-state index contributed by atoms with van der Waals surface area (Å²) in [4.78, 5) is 12.5. The molecule has 5 rings (SSSR count). The molecular weight excluding hydrogens is 414 g/mol. The highest BCUT2D eigenvalue weighted by Gasteiger charge is 2.22. The number of nitriles is 1. The number of fused-ring (bicyclic) bond motifs is 3. The van der Waals surface area contributed by atoms with Crippen molar-refractivity contribution in [2.75, 3.05) is 12.4 Å². The molecule has 0 unspecified atom stereocenters. The standard InChI is InChI=1S/C27H25N3O3/c1-33-27(32)22-6-4-8-25-26(22)21-5-2-3-7-24(21)30(25)19-12-9-17(16-28)23(15-19)29-18-10-13-20(31)14-11-18/h2-9,12,15,18,20,29,31H,10-11,13-14H2,1H3/t18-,20-. The molecule has 6 nitrogen and oxygen atoms in total. The van der Waals surface area contributed by atoms with Crippen LogP contribution in [0.15, 0.2) is 60.7 Å². The quantitative estimate of drug-likeness (QED) is 0.429. The van der Waals surface area contributed by atoms with E-state index in [4.69, 9.17) is 4.74 Å². The van der Waals surface area contributed by atoms with Crippen molar-refractivity contribution in [2.45, 2.75) is 37.8 Å². The van der Waals surface area contributed by atoms with Crippen LogP contribution in [0, 0.1) is 11.3 Å². The third kappa shape index (κ3) is 3.71. The second-order valence-electron chi connectivity index (χ2n) is 8.54. The molecule has 2 N–H and O–H groups in total. The summed E-state index contributed by atoms with van der Waals surface area (Å²) in [6, 6.07) is 21.9. The fourth-order valence-electron chi connectivity index (χ4n) is 4.91. The van der Waals surface area contributed by atoms with E-state index in [1.165, 1.54) is 7.11 Å². The van der Waals surface area contributed by atoms with Gasteiger partial charge in [0.1, 0.15) is 6.07 Å². The number of hydrogen-bond acceptors (Lipinski definition) is 5. The number of hydrogen-bond donors (Lipinski definition) is 2. The molecular formula is C27H25N3O3. The summed E-state index contributed by atoms with van der Waals surface area (Å²) in [6.07, 6.45) is 3.04. The molecule has 1 fully saturated rings. The van der Waals surface area contributed by atoms with E-state index in [0.717, 1.165) is 58.9 Å². The minimum Gasteiger partial charge on any atom is -0.465 e.